The van der Waals surface area contributed by atoms with E-state index in [0.29, 0.717) is 0 Å². The second-order valence-corrected chi connectivity index (χ2v) is 3.98. The van der Waals surface area contributed by atoms with Crippen LogP contribution in [0.25, 0.3) is 6.08 Å². The van der Waals surface area contributed by atoms with Gasteiger partial charge in [0, 0.05) is 12.7 Å². The normalized spacial score (nSPS) is 11.3. The molecule has 1 heterocycles. The summed E-state index contributed by atoms with van der Waals surface area (Å²) in [6, 6.07) is 2.13. The van der Waals surface area contributed by atoms with Crippen LogP contribution < -0.4 is 0 Å². The molecule has 0 unspecified atom stereocenters. The smallest absolute Gasteiger partial charge is 0.0858 e. The molecule has 2 nitrogen and oxygen atoms in total. The van der Waals surface area contributed by atoms with Crippen LogP contribution in [0.4, 0.5) is 0 Å². The second kappa shape index (κ2) is 5.12. The number of hydrogen-bond acceptors (Lipinski definition) is 2. The van der Waals surface area contributed by atoms with E-state index in [1.54, 1.807) is 11.8 Å². The largest absolute Gasteiger partial charge is 0.272 e. The lowest BCUT2D eigenvalue weighted by atomic mass is 10.3. The number of thioether (sulfide) groups is 1. The molecule has 0 aliphatic carbocycles. The lowest BCUT2D eigenvalue weighted by Gasteiger charge is -1.92. The Labute approximate surface area is 84.0 Å². The van der Waals surface area contributed by atoms with E-state index in [1.807, 2.05) is 11.7 Å². The van der Waals surface area contributed by atoms with Crippen molar-refractivity contribution in [3.05, 3.63) is 22.9 Å². The summed E-state index contributed by atoms with van der Waals surface area (Å²) in [6.07, 6.45) is 3.10. The van der Waals surface area contributed by atoms with Gasteiger partial charge < -0.3 is 0 Å². The van der Waals surface area contributed by atoms with Crippen molar-refractivity contribution >= 4 is 17.8 Å². The van der Waals surface area contributed by atoms with E-state index in [1.165, 1.54) is 5.69 Å². The molecule has 0 saturated carbocycles. The van der Waals surface area contributed by atoms with Crippen LogP contribution in [0.1, 0.15) is 25.2 Å². The van der Waals surface area contributed by atoms with Crippen molar-refractivity contribution in [3.63, 3.8) is 0 Å². The molecule has 0 bridgehead atoms. The van der Waals surface area contributed by atoms with Gasteiger partial charge in [-0.1, -0.05) is 13.8 Å². The molecule has 0 aromatic carbocycles. The lowest BCUT2D eigenvalue weighted by molar-refractivity contribution is 0.716. The fourth-order valence-corrected chi connectivity index (χ4v) is 1.58. The maximum atomic E-state index is 4.37. The Balaban J connectivity index is 2.67. The third-order valence-electron chi connectivity index (χ3n) is 1.86. The van der Waals surface area contributed by atoms with E-state index in [-0.39, 0.29) is 0 Å². The predicted octanol–water partition coefficient (Wildman–Crippen LogP) is 2.71. The molecule has 0 N–H and O–H groups in total. The first-order chi connectivity index (χ1) is 6.27. The lowest BCUT2D eigenvalue weighted by Crippen LogP contribution is -1.95. The zero-order valence-electron chi connectivity index (χ0n) is 8.45. The first kappa shape index (κ1) is 10.4. The van der Waals surface area contributed by atoms with Crippen LogP contribution in [-0.2, 0) is 13.5 Å². The zero-order valence-corrected chi connectivity index (χ0v) is 9.27. The molecule has 3 heteroatoms. The SMILES string of the molecule is CCSC=Cc1cc(CC)n(C)n1. The van der Waals surface area contributed by atoms with Gasteiger partial charge >= 0.3 is 0 Å². The Hall–Kier alpha value is -0.700. The summed E-state index contributed by atoms with van der Waals surface area (Å²) in [5, 5.41) is 6.47. The molecule has 72 valence electrons. The van der Waals surface area contributed by atoms with Crippen LogP contribution in [0, 0.1) is 0 Å². The minimum absolute atomic E-state index is 1.04. The van der Waals surface area contributed by atoms with Crippen molar-refractivity contribution in [2.45, 2.75) is 20.3 Å². The van der Waals surface area contributed by atoms with Crippen molar-refractivity contribution < 1.29 is 0 Å². The maximum absolute atomic E-state index is 4.37. The molecule has 0 atom stereocenters. The Morgan fingerprint density at radius 3 is 2.85 bits per heavy atom. The minimum Gasteiger partial charge on any atom is -0.272 e. The highest BCUT2D eigenvalue weighted by atomic mass is 32.2. The molecule has 0 saturated heterocycles. The number of rotatable bonds is 4. The van der Waals surface area contributed by atoms with Crippen LogP contribution in [0.2, 0.25) is 0 Å². The molecular weight excluding hydrogens is 180 g/mol. The molecule has 0 aliphatic rings. The molecule has 0 aliphatic heterocycles. The van der Waals surface area contributed by atoms with E-state index in [4.69, 9.17) is 0 Å². The number of nitrogens with zero attached hydrogens (tertiary/aromatic N) is 2. The first-order valence-electron chi connectivity index (χ1n) is 4.59. The molecule has 1 aromatic rings. The van der Waals surface area contributed by atoms with Crippen LogP contribution in [0.15, 0.2) is 11.5 Å². The van der Waals surface area contributed by atoms with Gasteiger partial charge in [-0.3, -0.25) is 4.68 Å². The fraction of sp³-hybridized carbons (Fsp3) is 0.500. The summed E-state index contributed by atoms with van der Waals surface area (Å²) in [6.45, 7) is 4.29. The molecule has 1 aromatic heterocycles. The van der Waals surface area contributed by atoms with Crippen LogP contribution in [-0.4, -0.2) is 15.5 Å². The van der Waals surface area contributed by atoms with E-state index in [9.17, 15) is 0 Å². The molecule has 0 fully saturated rings. The maximum Gasteiger partial charge on any atom is 0.0858 e. The fourth-order valence-electron chi connectivity index (χ4n) is 1.16. The van der Waals surface area contributed by atoms with E-state index in [0.717, 1.165) is 17.9 Å². The van der Waals surface area contributed by atoms with Gasteiger partial charge in [0.2, 0.25) is 0 Å². The van der Waals surface area contributed by atoms with Crippen LogP contribution in [0.5, 0.6) is 0 Å². The van der Waals surface area contributed by atoms with E-state index in [2.05, 4.69) is 36.5 Å². The predicted molar refractivity (Wildman–Crippen MR) is 59.8 cm³/mol. The summed E-state index contributed by atoms with van der Waals surface area (Å²) < 4.78 is 1.94. The van der Waals surface area contributed by atoms with Crippen LogP contribution >= 0.6 is 11.8 Å². The Morgan fingerprint density at radius 2 is 2.31 bits per heavy atom. The molecule has 0 amide bonds. The van der Waals surface area contributed by atoms with Crippen LogP contribution in [0.3, 0.4) is 0 Å². The van der Waals surface area contributed by atoms with Gasteiger partial charge in [-0.25, -0.2) is 0 Å². The number of hydrogen-bond donors (Lipinski definition) is 0. The van der Waals surface area contributed by atoms with Gasteiger partial charge in [0.05, 0.1) is 5.69 Å². The summed E-state index contributed by atoms with van der Waals surface area (Å²) in [5.41, 5.74) is 2.33. The Morgan fingerprint density at radius 1 is 1.54 bits per heavy atom. The van der Waals surface area contributed by atoms with Gasteiger partial charge in [-0.15, -0.1) is 11.8 Å². The zero-order chi connectivity index (χ0) is 9.68. The summed E-state index contributed by atoms with van der Waals surface area (Å²) in [7, 11) is 1.99. The van der Waals surface area contributed by atoms with E-state index >= 15 is 0 Å². The van der Waals surface area contributed by atoms with Gasteiger partial charge in [-0.2, -0.15) is 5.10 Å². The standard InChI is InChI=1S/C10H16N2S/c1-4-10-8-9(11-12(10)3)6-7-13-5-2/h6-8H,4-5H2,1-3H3. The summed E-state index contributed by atoms with van der Waals surface area (Å²) in [4.78, 5) is 0. The number of aromatic nitrogens is 2. The van der Waals surface area contributed by atoms with Crippen molar-refractivity contribution in [2.24, 2.45) is 7.05 Å². The highest BCUT2D eigenvalue weighted by Crippen LogP contribution is 2.09. The highest BCUT2D eigenvalue weighted by molar-refractivity contribution is 8.02. The Kier molecular flexibility index (Phi) is 4.09. The first-order valence-corrected chi connectivity index (χ1v) is 5.63. The summed E-state index contributed by atoms with van der Waals surface area (Å²) >= 11 is 1.80. The van der Waals surface area contributed by atoms with Crippen molar-refractivity contribution in [3.8, 4) is 0 Å². The second-order valence-electron chi connectivity index (χ2n) is 2.80. The molecule has 0 radical (unpaired) electrons. The van der Waals surface area contributed by atoms with Crippen molar-refractivity contribution in [1.29, 1.82) is 0 Å². The molecule has 0 spiro atoms. The Bertz CT molecular complexity index is 289. The van der Waals surface area contributed by atoms with Crippen molar-refractivity contribution in [2.75, 3.05) is 5.75 Å². The minimum atomic E-state index is 1.04. The third kappa shape index (κ3) is 2.92. The monoisotopic (exact) mass is 196 g/mol. The van der Waals surface area contributed by atoms with Gasteiger partial charge in [0.15, 0.2) is 0 Å². The van der Waals surface area contributed by atoms with E-state index < -0.39 is 0 Å². The number of aryl methyl sites for hydroxylation is 2. The van der Waals surface area contributed by atoms with Gasteiger partial charge in [-0.05, 0) is 29.7 Å². The van der Waals surface area contributed by atoms with Gasteiger partial charge in [0.25, 0.3) is 0 Å². The molecule has 1 rings (SSSR count). The molecule has 13 heavy (non-hydrogen) atoms. The molecular formula is C10H16N2S. The van der Waals surface area contributed by atoms with Gasteiger partial charge in [0.1, 0.15) is 0 Å². The quantitative estimate of drug-likeness (QED) is 0.737. The topological polar surface area (TPSA) is 17.8 Å². The highest BCUT2D eigenvalue weighted by Gasteiger charge is 1.98. The van der Waals surface area contributed by atoms with Crippen molar-refractivity contribution in [1.82, 2.24) is 9.78 Å². The summed E-state index contributed by atoms with van der Waals surface area (Å²) in [5.74, 6) is 1.12. The third-order valence-corrected chi connectivity index (χ3v) is 2.52. The average molecular weight is 196 g/mol. The average Bonchev–Trinajstić information content (AvgIpc) is 2.47.